The van der Waals surface area contributed by atoms with Crippen LogP contribution in [0.2, 0.25) is 0 Å². The van der Waals surface area contributed by atoms with Gasteiger partial charge in [-0.2, -0.15) is 0 Å². The Morgan fingerprint density at radius 2 is 2.12 bits per heavy atom. The van der Waals surface area contributed by atoms with Crippen LogP contribution < -0.4 is 5.73 Å². The van der Waals surface area contributed by atoms with E-state index in [0.717, 1.165) is 0 Å². The predicted octanol–water partition coefficient (Wildman–Crippen LogP) is 1.27. The molecule has 0 spiro atoms. The minimum absolute atomic E-state index is 0.0924. The van der Waals surface area contributed by atoms with Gasteiger partial charge in [-0.05, 0) is 13.0 Å². The van der Waals surface area contributed by atoms with E-state index in [4.69, 9.17) is 5.73 Å². The highest BCUT2D eigenvalue weighted by atomic mass is 79.9. The first-order valence-electron chi connectivity index (χ1n) is 4.85. The van der Waals surface area contributed by atoms with Crippen molar-refractivity contribution in [3.8, 4) is 0 Å². The van der Waals surface area contributed by atoms with E-state index in [1.807, 2.05) is 0 Å². The minimum Gasteiger partial charge on any atom is -0.398 e. The average molecular weight is 305 g/mol. The molecule has 2 unspecified atom stereocenters. The first kappa shape index (κ1) is 13.9. The van der Waals surface area contributed by atoms with Gasteiger partial charge in [0, 0.05) is 28.2 Å². The molecule has 0 saturated heterocycles. The highest BCUT2D eigenvalue weighted by Gasteiger charge is 2.22. The van der Waals surface area contributed by atoms with Gasteiger partial charge in [-0.3, -0.25) is 10.1 Å². The van der Waals surface area contributed by atoms with Crippen molar-refractivity contribution in [3.05, 3.63) is 33.4 Å². The molecule has 0 amide bonds. The molecule has 0 aliphatic heterocycles. The van der Waals surface area contributed by atoms with Crippen molar-refractivity contribution in [1.29, 1.82) is 0 Å². The third-order valence-corrected chi connectivity index (χ3v) is 3.10. The molecule has 7 heteroatoms. The van der Waals surface area contributed by atoms with Crippen LogP contribution in [0.15, 0.2) is 12.1 Å². The smallest absolute Gasteiger partial charge is 0.274 e. The third-order valence-electron chi connectivity index (χ3n) is 2.44. The van der Waals surface area contributed by atoms with E-state index in [9.17, 15) is 20.3 Å². The van der Waals surface area contributed by atoms with Crippen molar-refractivity contribution < 1.29 is 15.1 Å². The first-order chi connectivity index (χ1) is 7.88. The van der Waals surface area contributed by atoms with Gasteiger partial charge in [0.25, 0.3) is 5.69 Å². The number of rotatable bonds is 4. The van der Waals surface area contributed by atoms with Gasteiger partial charge in [0.05, 0.1) is 11.0 Å². The Balaban J connectivity index is 3.20. The number of aliphatic hydroxyl groups is 2. The quantitative estimate of drug-likeness (QED) is 0.336. The summed E-state index contributed by atoms with van der Waals surface area (Å²) in [5.74, 6) is 0. The van der Waals surface area contributed by atoms with Crippen LogP contribution in [-0.2, 0) is 0 Å². The van der Waals surface area contributed by atoms with Gasteiger partial charge in [-0.1, -0.05) is 15.9 Å². The van der Waals surface area contributed by atoms with Crippen LogP contribution in [0, 0.1) is 17.0 Å². The van der Waals surface area contributed by atoms with Crippen molar-refractivity contribution in [2.45, 2.75) is 19.1 Å². The summed E-state index contributed by atoms with van der Waals surface area (Å²) >= 11 is 3.03. The van der Waals surface area contributed by atoms with Crippen LogP contribution in [0.25, 0.3) is 0 Å². The maximum absolute atomic E-state index is 10.7. The second kappa shape index (κ2) is 5.44. The Hall–Kier alpha value is -1.18. The van der Waals surface area contributed by atoms with Crippen LogP contribution in [0.1, 0.15) is 17.2 Å². The molecule has 1 aromatic rings. The zero-order chi connectivity index (χ0) is 13.2. The lowest BCUT2D eigenvalue weighted by Gasteiger charge is -2.18. The molecule has 6 nitrogen and oxygen atoms in total. The molecule has 17 heavy (non-hydrogen) atoms. The van der Waals surface area contributed by atoms with Crippen LogP contribution in [0.3, 0.4) is 0 Å². The van der Waals surface area contributed by atoms with Gasteiger partial charge in [0.2, 0.25) is 0 Å². The topological polar surface area (TPSA) is 110 Å². The summed E-state index contributed by atoms with van der Waals surface area (Å²) in [4.78, 5) is 10.1. The van der Waals surface area contributed by atoms with Crippen molar-refractivity contribution in [2.24, 2.45) is 0 Å². The summed E-state index contributed by atoms with van der Waals surface area (Å²) in [5.41, 5.74) is 6.30. The number of nitrogens with zero attached hydrogens (tertiary/aromatic N) is 1. The van der Waals surface area contributed by atoms with Crippen LogP contribution in [0.4, 0.5) is 11.4 Å². The van der Waals surface area contributed by atoms with E-state index in [-0.39, 0.29) is 16.7 Å². The molecular weight excluding hydrogens is 292 g/mol. The Kier molecular flexibility index (Phi) is 4.44. The molecule has 0 saturated carbocycles. The Morgan fingerprint density at radius 1 is 1.53 bits per heavy atom. The first-order valence-corrected chi connectivity index (χ1v) is 5.97. The van der Waals surface area contributed by atoms with Gasteiger partial charge in [0.15, 0.2) is 0 Å². The number of benzene rings is 1. The van der Waals surface area contributed by atoms with E-state index in [0.29, 0.717) is 11.1 Å². The normalized spacial score (nSPS) is 14.4. The molecule has 2 atom stereocenters. The lowest BCUT2D eigenvalue weighted by Crippen LogP contribution is -2.20. The fraction of sp³-hybridized carbons (Fsp3) is 0.400. The Labute approximate surface area is 106 Å². The van der Waals surface area contributed by atoms with Crippen molar-refractivity contribution in [2.75, 3.05) is 11.1 Å². The van der Waals surface area contributed by atoms with Gasteiger partial charge in [-0.15, -0.1) is 0 Å². The minimum atomic E-state index is -1.17. The van der Waals surface area contributed by atoms with Gasteiger partial charge in [0.1, 0.15) is 6.10 Å². The highest BCUT2D eigenvalue weighted by molar-refractivity contribution is 9.09. The molecule has 0 fully saturated rings. The summed E-state index contributed by atoms with van der Waals surface area (Å²) < 4.78 is 0. The van der Waals surface area contributed by atoms with Crippen molar-refractivity contribution >= 4 is 27.3 Å². The molecule has 0 aliphatic rings. The molecule has 0 bridgehead atoms. The zero-order valence-electron chi connectivity index (χ0n) is 9.13. The highest BCUT2D eigenvalue weighted by Crippen LogP contribution is 2.30. The second-order valence-corrected chi connectivity index (χ2v) is 4.34. The number of hydrogen-bond acceptors (Lipinski definition) is 5. The monoisotopic (exact) mass is 304 g/mol. The molecule has 0 aliphatic carbocycles. The summed E-state index contributed by atoms with van der Waals surface area (Å²) in [6.45, 7) is 1.55. The maximum Gasteiger partial charge on any atom is 0.274 e. The summed E-state index contributed by atoms with van der Waals surface area (Å²) in [6.07, 6.45) is -2.19. The Morgan fingerprint density at radius 3 is 2.59 bits per heavy atom. The van der Waals surface area contributed by atoms with Gasteiger partial charge >= 0.3 is 0 Å². The lowest BCUT2D eigenvalue weighted by atomic mass is 10.00. The second-order valence-electron chi connectivity index (χ2n) is 3.69. The number of halogens is 1. The molecule has 0 heterocycles. The van der Waals surface area contributed by atoms with E-state index >= 15 is 0 Å². The molecule has 0 aromatic heterocycles. The van der Waals surface area contributed by atoms with Gasteiger partial charge < -0.3 is 15.9 Å². The number of nitro benzene ring substituents is 1. The zero-order valence-corrected chi connectivity index (χ0v) is 10.7. The number of anilines is 1. The number of nitrogen functional groups attached to an aromatic ring is 1. The fourth-order valence-electron chi connectivity index (χ4n) is 1.48. The molecule has 1 aromatic carbocycles. The summed E-state index contributed by atoms with van der Waals surface area (Å²) in [6, 6.07) is 2.61. The standard InChI is InChI=1S/C10H13BrN2O4/c1-5-2-6(10(15)9(14)4-11)7(12)3-8(5)13(16)17/h2-3,9-10,14-15H,4,12H2,1H3. The average Bonchev–Trinajstić information content (AvgIpc) is 2.29. The van der Waals surface area contributed by atoms with E-state index in [2.05, 4.69) is 15.9 Å². The number of alkyl halides is 1. The predicted molar refractivity (Wildman–Crippen MR) is 67.0 cm³/mol. The SMILES string of the molecule is Cc1cc(C(O)C(O)CBr)c(N)cc1[N+](=O)[O-]. The largest absolute Gasteiger partial charge is 0.398 e. The van der Waals surface area contributed by atoms with Crippen LogP contribution >= 0.6 is 15.9 Å². The molecule has 0 radical (unpaired) electrons. The lowest BCUT2D eigenvalue weighted by molar-refractivity contribution is -0.385. The summed E-state index contributed by atoms with van der Waals surface area (Å²) in [5, 5.41) is 30.1. The maximum atomic E-state index is 10.7. The van der Waals surface area contributed by atoms with E-state index in [1.165, 1.54) is 12.1 Å². The van der Waals surface area contributed by atoms with E-state index < -0.39 is 17.1 Å². The third kappa shape index (κ3) is 2.93. The molecule has 1 rings (SSSR count). The van der Waals surface area contributed by atoms with Crippen molar-refractivity contribution in [3.63, 3.8) is 0 Å². The van der Waals surface area contributed by atoms with E-state index in [1.54, 1.807) is 6.92 Å². The molecule has 4 N–H and O–H groups in total. The van der Waals surface area contributed by atoms with Crippen LogP contribution in [-0.4, -0.2) is 26.6 Å². The molecular formula is C10H13BrN2O4. The number of hydrogen-bond donors (Lipinski definition) is 3. The van der Waals surface area contributed by atoms with Gasteiger partial charge in [-0.25, -0.2) is 0 Å². The number of aryl methyl sites for hydroxylation is 1. The number of nitro groups is 1. The summed E-state index contributed by atoms with van der Waals surface area (Å²) in [7, 11) is 0. The molecule has 94 valence electrons. The van der Waals surface area contributed by atoms with Crippen molar-refractivity contribution in [1.82, 2.24) is 0 Å². The fourth-order valence-corrected chi connectivity index (χ4v) is 1.83. The number of nitrogens with two attached hydrogens (primary N) is 1. The van der Waals surface area contributed by atoms with Crippen LogP contribution in [0.5, 0.6) is 0 Å². The number of aliphatic hydroxyl groups excluding tert-OH is 2. The Bertz CT molecular complexity index is 439.